The van der Waals surface area contributed by atoms with Gasteiger partial charge in [0, 0.05) is 31.9 Å². The molecule has 3 aromatic carbocycles. The van der Waals surface area contributed by atoms with Crippen molar-refractivity contribution in [1.29, 1.82) is 0 Å². The summed E-state index contributed by atoms with van der Waals surface area (Å²) in [5, 5.41) is 5.77. The van der Waals surface area contributed by atoms with E-state index in [2.05, 4.69) is 49.8 Å². The van der Waals surface area contributed by atoms with E-state index in [-0.39, 0.29) is 53.5 Å². The molecule has 0 bridgehead atoms. The molecule has 4 amide bonds. The lowest BCUT2D eigenvalue weighted by atomic mass is 9.83. The number of carbonyl (C=O) groups excluding carboxylic acids is 4. The zero-order valence-electron chi connectivity index (χ0n) is 43.4. The number of piperidine rings is 1. The fourth-order valence-corrected chi connectivity index (χ4v) is 13.8. The second-order valence-corrected chi connectivity index (χ2v) is 22.0. The smallest absolute Gasteiger partial charge is 0.407 e. The number of rotatable bonds is 12. The molecule has 0 spiro atoms. The topological polar surface area (TPSA) is 181 Å². The number of benzene rings is 3. The zero-order valence-corrected chi connectivity index (χ0v) is 43.4. The molecule has 6 aliphatic rings. The van der Waals surface area contributed by atoms with Crippen LogP contribution in [-0.2, 0) is 19.1 Å². The molecular formula is C57H72F2N10O6. The summed E-state index contributed by atoms with van der Waals surface area (Å²) in [7, 11) is 2.64. The van der Waals surface area contributed by atoms with E-state index in [9.17, 15) is 19.2 Å². The number of likely N-dealkylation sites (tertiary alicyclic amines) is 2. The third-order valence-corrected chi connectivity index (χ3v) is 17.6. The molecule has 11 rings (SSSR count). The van der Waals surface area contributed by atoms with Gasteiger partial charge < -0.3 is 49.7 Å². The number of hydrogen-bond acceptors (Lipinski definition) is 10. The molecule has 6 heterocycles. The zero-order chi connectivity index (χ0) is 51.7. The first kappa shape index (κ1) is 50.7. The molecule has 4 saturated heterocycles. The number of H-pyrrole nitrogens is 2. The maximum absolute atomic E-state index is 16.5. The van der Waals surface area contributed by atoms with Crippen molar-refractivity contribution in [3.05, 3.63) is 82.9 Å². The molecule has 5 aromatic rings. The van der Waals surface area contributed by atoms with Crippen LogP contribution < -0.4 is 20.4 Å². The molecule has 6 fully saturated rings. The summed E-state index contributed by atoms with van der Waals surface area (Å²) in [6, 6.07) is 12.8. The summed E-state index contributed by atoms with van der Waals surface area (Å²) in [6.07, 6.45) is 15.8. The molecule has 75 heavy (non-hydrogen) atoms. The Labute approximate surface area is 437 Å². The Bertz CT molecular complexity index is 2710. The van der Waals surface area contributed by atoms with E-state index in [1.54, 1.807) is 0 Å². The Morgan fingerprint density at radius 3 is 1.43 bits per heavy atom. The molecule has 400 valence electrons. The normalized spacial score (nSPS) is 23.7. The van der Waals surface area contributed by atoms with E-state index >= 15 is 8.78 Å². The minimum absolute atomic E-state index is 0.0258. The van der Waals surface area contributed by atoms with Crippen molar-refractivity contribution < 1.29 is 37.4 Å². The number of carbonyl (C=O) groups is 4. The lowest BCUT2D eigenvalue weighted by Gasteiger charge is -2.35. The number of nitrogens with one attached hydrogen (secondary N) is 4. The lowest BCUT2D eigenvalue weighted by molar-refractivity contribution is -0.136. The molecule has 2 aromatic heterocycles. The van der Waals surface area contributed by atoms with Crippen LogP contribution in [0.5, 0.6) is 0 Å². The van der Waals surface area contributed by atoms with Crippen LogP contribution in [0.3, 0.4) is 0 Å². The van der Waals surface area contributed by atoms with Gasteiger partial charge in [-0.2, -0.15) is 0 Å². The summed E-state index contributed by atoms with van der Waals surface area (Å²) >= 11 is 0. The summed E-state index contributed by atoms with van der Waals surface area (Å²) in [6.45, 7) is 2.33. The average Bonchev–Trinajstić information content (AvgIpc) is 4.31. The number of amides is 4. The third kappa shape index (κ3) is 10.2. The van der Waals surface area contributed by atoms with Gasteiger partial charge in [0.15, 0.2) is 11.6 Å². The maximum atomic E-state index is 16.5. The molecule has 18 heteroatoms. The standard InChI is InChI=1S/C57H72F2N10O6/c1-74-56(72)64-49(34-14-6-3-7-15-34)54(70)67-28-12-18-47(67)52-60-41-22-20-36(30-43(41)62-52)45-24-25-46(69(45)38-32-39(58)51(40(59)33-38)66-26-10-5-11-27-66)37-21-23-42-44(31-37)63-53(61-42)48-19-13-29-68(48)55(71)50(65-57(73)75-2)35-16-8-4-9-17-35/h20-23,30-35,45-50H,3-19,24-29H2,1-2H3,(H,60,62)(H,61,63)(H,64,72)(H,65,73)/t45-,46-,47+,48+,49+,50?/m1/s1. The van der Waals surface area contributed by atoms with Gasteiger partial charge in [0.05, 0.1) is 60.5 Å². The molecule has 4 N–H and O–H groups in total. The van der Waals surface area contributed by atoms with E-state index in [1.807, 2.05) is 26.8 Å². The quantitative estimate of drug-likeness (QED) is 0.0939. The molecule has 1 unspecified atom stereocenters. The van der Waals surface area contributed by atoms with E-state index < -0.39 is 35.9 Å². The van der Waals surface area contributed by atoms with Crippen LogP contribution in [0.25, 0.3) is 22.1 Å². The summed E-state index contributed by atoms with van der Waals surface area (Å²) < 4.78 is 43.0. The van der Waals surface area contributed by atoms with Gasteiger partial charge in [-0.25, -0.2) is 28.3 Å². The average molecular weight is 1030 g/mol. The number of ether oxygens (including phenoxy) is 2. The number of hydrogen-bond donors (Lipinski definition) is 4. The van der Waals surface area contributed by atoms with Gasteiger partial charge >= 0.3 is 12.2 Å². The highest BCUT2D eigenvalue weighted by Crippen LogP contribution is 2.49. The van der Waals surface area contributed by atoms with Crippen LogP contribution >= 0.6 is 0 Å². The van der Waals surface area contributed by atoms with Gasteiger partial charge in [0.2, 0.25) is 11.8 Å². The van der Waals surface area contributed by atoms with Gasteiger partial charge in [-0.1, -0.05) is 50.7 Å². The monoisotopic (exact) mass is 1030 g/mol. The first-order valence-corrected chi connectivity index (χ1v) is 27.9. The Kier molecular flexibility index (Phi) is 14.9. The third-order valence-electron chi connectivity index (χ3n) is 17.6. The number of methoxy groups -OCH3 is 2. The molecule has 0 radical (unpaired) electrons. The van der Waals surface area contributed by atoms with Crippen molar-refractivity contribution in [3.63, 3.8) is 0 Å². The minimum atomic E-state index is -0.676. The maximum Gasteiger partial charge on any atom is 0.407 e. The predicted molar refractivity (Wildman–Crippen MR) is 281 cm³/mol. The molecule has 2 saturated carbocycles. The van der Waals surface area contributed by atoms with E-state index in [1.165, 1.54) is 26.4 Å². The highest BCUT2D eigenvalue weighted by Gasteiger charge is 2.43. The fourth-order valence-electron chi connectivity index (χ4n) is 13.8. The van der Waals surface area contributed by atoms with Crippen molar-refractivity contribution in [2.45, 2.75) is 158 Å². The molecular weight excluding hydrogens is 959 g/mol. The Balaban J connectivity index is 0.894. The molecule has 2 aliphatic carbocycles. The van der Waals surface area contributed by atoms with E-state index in [0.29, 0.717) is 56.4 Å². The minimum Gasteiger partial charge on any atom is -0.453 e. The van der Waals surface area contributed by atoms with Crippen LogP contribution in [-0.4, -0.2) is 106 Å². The fraction of sp³-hybridized carbons (Fsp3) is 0.579. The van der Waals surface area contributed by atoms with Crippen LogP contribution in [0.15, 0.2) is 48.5 Å². The first-order valence-electron chi connectivity index (χ1n) is 27.9. The van der Waals surface area contributed by atoms with Crippen LogP contribution in [0.2, 0.25) is 0 Å². The second kappa shape index (κ2) is 22.0. The Hall–Kier alpha value is -6.46. The van der Waals surface area contributed by atoms with Crippen molar-refractivity contribution in [2.24, 2.45) is 11.8 Å². The van der Waals surface area contributed by atoms with Crippen LogP contribution in [0, 0.1) is 23.5 Å². The van der Waals surface area contributed by atoms with Crippen molar-refractivity contribution in [1.82, 2.24) is 40.4 Å². The second-order valence-electron chi connectivity index (χ2n) is 22.0. The van der Waals surface area contributed by atoms with Crippen LogP contribution in [0.4, 0.5) is 29.7 Å². The lowest BCUT2D eigenvalue weighted by Crippen LogP contribution is -2.52. The SMILES string of the molecule is COC(=O)NC(C(=O)N1CCC[C@H]1c1nc2cc([C@H]3CC[C@H](c4ccc5[nH]c([C@@H]6CCCN6C(=O)[C@@H](NC(=O)OC)C6CCCCC6)nc5c4)N3c3cc(F)c(N4CCCCC4)c(F)c3)ccc2[nH]1)C1CCCCC1. The number of aromatic nitrogens is 4. The summed E-state index contributed by atoms with van der Waals surface area (Å²) in [5.74, 6) is 0.0612. The van der Waals surface area contributed by atoms with Crippen molar-refractivity contribution in [3.8, 4) is 0 Å². The largest absolute Gasteiger partial charge is 0.453 e. The number of imidazole rings is 2. The van der Waals surface area contributed by atoms with Gasteiger partial charge in [-0.15, -0.1) is 0 Å². The van der Waals surface area contributed by atoms with Gasteiger partial charge in [0.1, 0.15) is 29.4 Å². The Morgan fingerprint density at radius 1 is 0.547 bits per heavy atom. The molecule has 4 aliphatic heterocycles. The van der Waals surface area contributed by atoms with Crippen molar-refractivity contribution in [2.75, 3.05) is 50.2 Å². The van der Waals surface area contributed by atoms with Crippen LogP contribution in [0.1, 0.15) is 169 Å². The highest BCUT2D eigenvalue weighted by atomic mass is 19.1. The van der Waals surface area contributed by atoms with Gasteiger partial charge in [-0.3, -0.25) is 9.59 Å². The number of nitrogens with zero attached hydrogens (tertiary/aromatic N) is 6. The number of aromatic amines is 2. The number of anilines is 2. The summed E-state index contributed by atoms with van der Waals surface area (Å²) in [5.41, 5.74) is 5.48. The number of alkyl carbamates (subject to hydrolysis) is 2. The van der Waals surface area contributed by atoms with Crippen molar-refractivity contribution >= 4 is 57.4 Å². The van der Waals surface area contributed by atoms with Gasteiger partial charge in [-0.05, 0) is 143 Å². The number of halogens is 2. The molecule has 16 nitrogen and oxygen atoms in total. The Morgan fingerprint density at radius 2 is 0.987 bits per heavy atom. The van der Waals surface area contributed by atoms with Gasteiger partial charge in [0.25, 0.3) is 0 Å². The summed E-state index contributed by atoms with van der Waals surface area (Å²) in [4.78, 5) is 79.0. The first-order chi connectivity index (χ1) is 36.6. The van der Waals surface area contributed by atoms with E-state index in [0.717, 1.165) is 142 Å². The molecule has 6 atom stereocenters. The predicted octanol–water partition coefficient (Wildman–Crippen LogP) is 10.7. The number of fused-ring (bicyclic) bond motifs is 2. The highest BCUT2D eigenvalue weighted by molar-refractivity contribution is 5.88. The van der Waals surface area contributed by atoms with E-state index in [4.69, 9.17) is 19.4 Å².